The fourth-order valence-electron chi connectivity index (χ4n) is 2.10. The van der Waals surface area contributed by atoms with Crippen LogP contribution in [0.2, 0.25) is 0 Å². The number of thiocarbonyl (C=S) groups is 1. The Morgan fingerprint density at radius 3 is 3.12 bits per heavy atom. The molecule has 1 fully saturated rings. The average Bonchev–Trinajstić information content (AvgIpc) is 2.76. The van der Waals surface area contributed by atoms with Gasteiger partial charge in [-0.05, 0) is 25.2 Å². The summed E-state index contributed by atoms with van der Waals surface area (Å²) in [5.41, 5.74) is 6.18. The van der Waals surface area contributed by atoms with Crippen LogP contribution in [-0.2, 0) is 0 Å². The zero-order valence-electron chi connectivity index (χ0n) is 9.72. The van der Waals surface area contributed by atoms with Gasteiger partial charge >= 0.3 is 0 Å². The third kappa shape index (κ3) is 3.07. The quantitative estimate of drug-likeness (QED) is 0.812. The van der Waals surface area contributed by atoms with E-state index in [1.54, 1.807) is 12.3 Å². The third-order valence-corrected chi connectivity index (χ3v) is 4.36. The zero-order chi connectivity index (χ0) is 12.3. The van der Waals surface area contributed by atoms with Crippen LogP contribution in [0, 0.1) is 0 Å². The highest BCUT2D eigenvalue weighted by Crippen LogP contribution is 2.30. The summed E-state index contributed by atoms with van der Waals surface area (Å²) in [5.74, 6) is 0.626. The second-order valence-electron chi connectivity index (χ2n) is 4.09. The number of nitrogens with one attached hydrogen (secondary N) is 1. The normalized spacial score (nSPS) is 23.6. The highest BCUT2D eigenvalue weighted by atomic mass is 32.2. The summed E-state index contributed by atoms with van der Waals surface area (Å²) in [6.45, 7) is 0. The van der Waals surface area contributed by atoms with Crippen molar-refractivity contribution in [1.82, 2.24) is 9.97 Å². The van der Waals surface area contributed by atoms with Crippen molar-refractivity contribution in [3.63, 3.8) is 0 Å². The summed E-state index contributed by atoms with van der Waals surface area (Å²) in [6, 6.07) is 2.18. The van der Waals surface area contributed by atoms with Crippen LogP contribution >= 0.6 is 24.0 Å². The summed E-state index contributed by atoms with van der Waals surface area (Å²) < 4.78 is 0. The Morgan fingerprint density at radius 2 is 2.41 bits per heavy atom. The van der Waals surface area contributed by atoms with Crippen LogP contribution in [0.15, 0.2) is 12.3 Å². The molecule has 0 bridgehead atoms. The molecule has 1 aliphatic carbocycles. The van der Waals surface area contributed by atoms with Crippen LogP contribution < -0.4 is 11.1 Å². The van der Waals surface area contributed by atoms with E-state index in [-0.39, 0.29) is 0 Å². The minimum Gasteiger partial charge on any atom is -0.388 e. The van der Waals surface area contributed by atoms with Gasteiger partial charge in [0.2, 0.25) is 5.95 Å². The molecule has 1 aromatic rings. The van der Waals surface area contributed by atoms with Gasteiger partial charge in [0.1, 0.15) is 10.7 Å². The minimum absolute atomic E-state index is 0.309. The van der Waals surface area contributed by atoms with E-state index < -0.39 is 0 Å². The van der Waals surface area contributed by atoms with Gasteiger partial charge in [0, 0.05) is 17.5 Å². The second-order valence-corrected chi connectivity index (χ2v) is 5.60. The van der Waals surface area contributed by atoms with E-state index in [2.05, 4.69) is 21.5 Å². The molecule has 1 aliphatic rings. The van der Waals surface area contributed by atoms with E-state index in [0.29, 0.717) is 27.9 Å². The average molecular weight is 268 g/mol. The predicted octanol–water partition coefficient (Wildman–Crippen LogP) is 1.81. The first-order valence-corrected chi connectivity index (χ1v) is 7.32. The molecule has 1 heterocycles. The van der Waals surface area contributed by atoms with Crippen molar-refractivity contribution >= 4 is 34.9 Å². The van der Waals surface area contributed by atoms with Crippen molar-refractivity contribution in [1.29, 1.82) is 0 Å². The molecule has 0 radical (unpaired) electrons. The van der Waals surface area contributed by atoms with E-state index in [1.165, 1.54) is 19.3 Å². The zero-order valence-corrected chi connectivity index (χ0v) is 11.4. The largest absolute Gasteiger partial charge is 0.388 e. The van der Waals surface area contributed by atoms with Crippen molar-refractivity contribution < 1.29 is 0 Å². The number of hydrogen-bond donors (Lipinski definition) is 2. The molecular formula is C11H16N4S2. The Labute approximate surface area is 111 Å². The maximum Gasteiger partial charge on any atom is 0.223 e. The number of anilines is 1. The predicted molar refractivity (Wildman–Crippen MR) is 76.5 cm³/mol. The molecule has 6 heteroatoms. The molecule has 2 atom stereocenters. The van der Waals surface area contributed by atoms with E-state index in [9.17, 15) is 0 Å². The molecule has 3 N–H and O–H groups in total. The fourth-order valence-corrected chi connectivity index (χ4v) is 3.15. The summed E-state index contributed by atoms with van der Waals surface area (Å²) in [4.78, 5) is 8.82. The van der Waals surface area contributed by atoms with E-state index in [0.717, 1.165) is 0 Å². The molecule has 0 aliphatic heterocycles. The molecule has 0 aromatic carbocycles. The number of rotatable bonds is 4. The smallest absolute Gasteiger partial charge is 0.223 e. The Hall–Kier alpha value is -0.880. The number of nitrogens with zero attached hydrogens (tertiary/aromatic N) is 2. The molecule has 0 spiro atoms. The monoisotopic (exact) mass is 268 g/mol. The van der Waals surface area contributed by atoms with Gasteiger partial charge < -0.3 is 11.1 Å². The first kappa shape index (κ1) is 12.6. The molecular weight excluding hydrogens is 252 g/mol. The lowest BCUT2D eigenvalue weighted by Gasteiger charge is -2.19. The first-order valence-electron chi connectivity index (χ1n) is 5.63. The van der Waals surface area contributed by atoms with Crippen LogP contribution in [0.3, 0.4) is 0 Å². The molecule has 2 unspecified atom stereocenters. The van der Waals surface area contributed by atoms with Gasteiger partial charge in [-0.2, -0.15) is 11.8 Å². The molecule has 17 heavy (non-hydrogen) atoms. The van der Waals surface area contributed by atoms with Crippen LogP contribution in [0.5, 0.6) is 0 Å². The van der Waals surface area contributed by atoms with Crippen LogP contribution in [-0.4, -0.2) is 32.5 Å². The van der Waals surface area contributed by atoms with Gasteiger partial charge in [-0.1, -0.05) is 18.6 Å². The number of aromatic nitrogens is 2. The van der Waals surface area contributed by atoms with Crippen molar-refractivity contribution in [2.45, 2.75) is 30.6 Å². The third-order valence-electron chi connectivity index (χ3n) is 2.98. The fraction of sp³-hybridized carbons (Fsp3) is 0.545. The maximum absolute atomic E-state index is 5.55. The van der Waals surface area contributed by atoms with Crippen molar-refractivity contribution in [2.75, 3.05) is 11.6 Å². The Morgan fingerprint density at radius 1 is 1.59 bits per heavy atom. The van der Waals surface area contributed by atoms with Gasteiger partial charge in [-0.25, -0.2) is 9.97 Å². The van der Waals surface area contributed by atoms with Crippen LogP contribution in [0.4, 0.5) is 5.95 Å². The summed E-state index contributed by atoms with van der Waals surface area (Å²) in [6.07, 6.45) is 7.53. The van der Waals surface area contributed by atoms with Gasteiger partial charge in [-0.15, -0.1) is 0 Å². The van der Waals surface area contributed by atoms with Crippen LogP contribution in [0.25, 0.3) is 0 Å². The lowest BCUT2D eigenvalue weighted by atomic mass is 10.2. The Balaban J connectivity index is 2.07. The van der Waals surface area contributed by atoms with Gasteiger partial charge in [0.25, 0.3) is 0 Å². The molecule has 1 aromatic heterocycles. The summed E-state index contributed by atoms with van der Waals surface area (Å²) in [5, 5.41) is 4.02. The van der Waals surface area contributed by atoms with E-state index in [4.69, 9.17) is 18.0 Å². The summed E-state index contributed by atoms with van der Waals surface area (Å²) >= 11 is 6.81. The molecule has 4 nitrogen and oxygen atoms in total. The highest BCUT2D eigenvalue weighted by Gasteiger charge is 2.26. The molecule has 92 valence electrons. The van der Waals surface area contributed by atoms with E-state index in [1.807, 2.05) is 11.8 Å². The molecule has 0 saturated heterocycles. The number of thioether (sulfide) groups is 1. The maximum atomic E-state index is 5.55. The minimum atomic E-state index is 0.309. The SMILES string of the molecule is CSC1CCCC1Nc1nccc(C(N)=S)n1. The topological polar surface area (TPSA) is 63.8 Å². The van der Waals surface area contributed by atoms with Crippen molar-refractivity contribution in [3.05, 3.63) is 18.0 Å². The first-order chi connectivity index (χ1) is 8.20. The molecule has 0 amide bonds. The van der Waals surface area contributed by atoms with Gasteiger partial charge in [-0.3, -0.25) is 0 Å². The van der Waals surface area contributed by atoms with Crippen LogP contribution in [0.1, 0.15) is 25.0 Å². The Kier molecular flexibility index (Phi) is 4.17. The standard InChI is InChI=1S/C11H16N4S2/c1-17-9-4-2-3-7(9)14-11-13-6-5-8(15-11)10(12)16/h5-7,9H,2-4H2,1H3,(H2,12,16)(H,13,14,15). The van der Waals surface area contributed by atoms with Gasteiger partial charge in [0.05, 0.1) is 0 Å². The van der Waals surface area contributed by atoms with Gasteiger partial charge in [0.15, 0.2) is 0 Å². The molecule has 1 saturated carbocycles. The van der Waals surface area contributed by atoms with Crippen molar-refractivity contribution in [2.24, 2.45) is 5.73 Å². The molecule has 2 rings (SSSR count). The Bertz CT molecular complexity index is 410. The highest BCUT2D eigenvalue weighted by molar-refractivity contribution is 7.99. The lowest BCUT2D eigenvalue weighted by molar-refractivity contribution is 0.756. The number of hydrogen-bond acceptors (Lipinski definition) is 5. The number of nitrogens with two attached hydrogens (primary N) is 1. The van der Waals surface area contributed by atoms with E-state index >= 15 is 0 Å². The van der Waals surface area contributed by atoms with Crippen molar-refractivity contribution in [3.8, 4) is 0 Å². The lowest BCUT2D eigenvalue weighted by Crippen LogP contribution is -2.27. The second kappa shape index (κ2) is 5.64. The summed E-state index contributed by atoms with van der Waals surface area (Å²) in [7, 11) is 0.